The first-order valence-corrected chi connectivity index (χ1v) is 8.41. The standard InChI is InChI=1S/C17H21N5O3/c1-2-25-17(24)15(10-13-6-4-3-5-7-13)22(14-8-9-14)16(23)11-21-12-18-19-20-21/h3-7,12,14-15H,2,8-11H2,1H3/t15-/m1/s1. The molecule has 3 rings (SSSR count). The molecule has 2 aromatic rings. The maximum Gasteiger partial charge on any atom is 0.329 e. The average Bonchev–Trinajstić information content (AvgIpc) is 3.31. The lowest BCUT2D eigenvalue weighted by molar-refractivity contribution is -0.155. The molecule has 132 valence electrons. The Kier molecular flexibility index (Phi) is 5.37. The molecule has 1 aromatic carbocycles. The maximum atomic E-state index is 12.8. The third-order valence-corrected chi connectivity index (χ3v) is 4.08. The van der Waals surface area contributed by atoms with Gasteiger partial charge in [0.1, 0.15) is 18.9 Å². The van der Waals surface area contributed by atoms with Gasteiger partial charge in [-0.2, -0.15) is 0 Å². The van der Waals surface area contributed by atoms with Crippen molar-refractivity contribution in [3.63, 3.8) is 0 Å². The van der Waals surface area contributed by atoms with Gasteiger partial charge in [0.15, 0.2) is 0 Å². The predicted octanol–water partition coefficient (Wildman–Crippen LogP) is 0.838. The van der Waals surface area contributed by atoms with E-state index in [4.69, 9.17) is 4.74 Å². The summed E-state index contributed by atoms with van der Waals surface area (Å²) in [5.41, 5.74) is 0.987. The molecular formula is C17H21N5O3. The van der Waals surface area contributed by atoms with Gasteiger partial charge in [-0.15, -0.1) is 5.10 Å². The van der Waals surface area contributed by atoms with Gasteiger partial charge in [-0.25, -0.2) is 9.48 Å². The molecule has 1 aliphatic carbocycles. The lowest BCUT2D eigenvalue weighted by atomic mass is 10.0. The summed E-state index contributed by atoms with van der Waals surface area (Å²) in [6, 6.07) is 9.08. The van der Waals surface area contributed by atoms with Crippen LogP contribution in [-0.2, 0) is 27.3 Å². The summed E-state index contributed by atoms with van der Waals surface area (Å²) in [6.45, 7) is 2.06. The summed E-state index contributed by atoms with van der Waals surface area (Å²) in [7, 11) is 0. The van der Waals surface area contributed by atoms with E-state index in [2.05, 4.69) is 15.5 Å². The van der Waals surface area contributed by atoms with Crippen LogP contribution in [0.15, 0.2) is 36.7 Å². The Balaban J connectivity index is 1.82. The SMILES string of the molecule is CCOC(=O)[C@@H](Cc1ccccc1)N(C(=O)Cn1cnnn1)C1CC1. The van der Waals surface area contributed by atoms with Gasteiger partial charge in [0.2, 0.25) is 5.91 Å². The van der Waals surface area contributed by atoms with Crippen molar-refractivity contribution in [2.75, 3.05) is 6.61 Å². The van der Waals surface area contributed by atoms with Gasteiger partial charge in [0, 0.05) is 12.5 Å². The number of rotatable bonds is 8. The number of amides is 1. The molecular weight excluding hydrogens is 322 g/mol. The lowest BCUT2D eigenvalue weighted by Crippen LogP contribution is -2.49. The van der Waals surface area contributed by atoms with Crippen molar-refractivity contribution in [1.29, 1.82) is 0 Å². The molecule has 8 nitrogen and oxygen atoms in total. The highest BCUT2D eigenvalue weighted by atomic mass is 16.5. The average molecular weight is 343 g/mol. The Morgan fingerprint density at radius 1 is 1.32 bits per heavy atom. The Morgan fingerprint density at radius 2 is 2.08 bits per heavy atom. The van der Waals surface area contributed by atoms with Gasteiger partial charge < -0.3 is 9.64 Å². The molecule has 0 saturated heterocycles. The molecule has 0 bridgehead atoms. The van der Waals surface area contributed by atoms with E-state index in [9.17, 15) is 9.59 Å². The number of tetrazole rings is 1. The number of aromatic nitrogens is 4. The Bertz CT molecular complexity index is 700. The minimum absolute atomic E-state index is 0.00813. The van der Waals surface area contributed by atoms with E-state index in [1.165, 1.54) is 11.0 Å². The van der Waals surface area contributed by atoms with E-state index in [0.717, 1.165) is 18.4 Å². The number of esters is 1. The van der Waals surface area contributed by atoms with Crippen LogP contribution in [-0.4, -0.2) is 55.7 Å². The molecule has 25 heavy (non-hydrogen) atoms. The monoisotopic (exact) mass is 343 g/mol. The summed E-state index contributed by atoms with van der Waals surface area (Å²) < 4.78 is 6.60. The second-order valence-electron chi connectivity index (χ2n) is 6.00. The highest BCUT2D eigenvalue weighted by Gasteiger charge is 2.41. The van der Waals surface area contributed by atoms with Crippen LogP contribution in [0.4, 0.5) is 0 Å². The summed E-state index contributed by atoms with van der Waals surface area (Å²) >= 11 is 0. The van der Waals surface area contributed by atoms with E-state index in [0.29, 0.717) is 6.42 Å². The Hall–Kier alpha value is -2.77. The topological polar surface area (TPSA) is 90.2 Å². The maximum absolute atomic E-state index is 12.8. The first-order chi connectivity index (χ1) is 12.2. The first kappa shape index (κ1) is 17.1. The molecule has 1 amide bonds. The normalized spacial score (nSPS) is 14.8. The smallest absolute Gasteiger partial charge is 0.329 e. The molecule has 1 fully saturated rings. The van der Waals surface area contributed by atoms with Crippen molar-refractivity contribution >= 4 is 11.9 Å². The van der Waals surface area contributed by atoms with Gasteiger partial charge >= 0.3 is 5.97 Å². The summed E-state index contributed by atoms with van der Waals surface area (Å²) in [5.74, 6) is -0.549. The molecule has 0 radical (unpaired) electrons. The van der Waals surface area contributed by atoms with Crippen LogP contribution in [0.2, 0.25) is 0 Å². The number of nitrogens with zero attached hydrogens (tertiary/aromatic N) is 5. The molecule has 1 saturated carbocycles. The van der Waals surface area contributed by atoms with Gasteiger partial charge in [0.25, 0.3) is 0 Å². The molecule has 8 heteroatoms. The van der Waals surface area contributed by atoms with E-state index >= 15 is 0 Å². The van der Waals surface area contributed by atoms with Crippen LogP contribution in [0.3, 0.4) is 0 Å². The minimum Gasteiger partial charge on any atom is -0.464 e. The third kappa shape index (κ3) is 4.40. The first-order valence-electron chi connectivity index (χ1n) is 8.41. The molecule has 0 aliphatic heterocycles. The summed E-state index contributed by atoms with van der Waals surface area (Å²) in [6.07, 6.45) is 3.61. The fourth-order valence-corrected chi connectivity index (χ4v) is 2.83. The second-order valence-corrected chi connectivity index (χ2v) is 6.00. The molecule has 1 aliphatic rings. The van der Waals surface area contributed by atoms with Crippen LogP contribution in [0, 0.1) is 0 Å². The van der Waals surface area contributed by atoms with Gasteiger partial charge in [-0.1, -0.05) is 30.3 Å². The van der Waals surface area contributed by atoms with E-state index in [-0.39, 0.29) is 31.1 Å². The third-order valence-electron chi connectivity index (χ3n) is 4.08. The Labute approximate surface area is 145 Å². The predicted molar refractivity (Wildman–Crippen MR) is 88.3 cm³/mol. The van der Waals surface area contributed by atoms with Crippen molar-refractivity contribution in [2.24, 2.45) is 0 Å². The summed E-state index contributed by atoms with van der Waals surface area (Å²) in [5, 5.41) is 10.8. The van der Waals surface area contributed by atoms with Gasteiger partial charge in [0.05, 0.1) is 6.61 Å². The van der Waals surface area contributed by atoms with Crippen LogP contribution >= 0.6 is 0 Å². The number of benzene rings is 1. The fourth-order valence-electron chi connectivity index (χ4n) is 2.83. The molecule has 0 spiro atoms. The van der Waals surface area contributed by atoms with E-state index in [1.807, 2.05) is 30.3 Å². The van der Waals surface area contributed by atoms with Crippen molar-refractivity contribution < 1.29 is 14.3 Å². The largest absolute Gasteiger partial charge is 0.464 e. The number of carbonyl (C=O) groups is 2. The highest BCUT2D eigenvalue weighted by Crippen LogP contribution is 2.30. The Morgan fingerprint density at radius 3 is 2.68 bits per heavy atom. The van der Waals surface area contributed by atoms with Gasteiger partial charge in [-0.3, -0.25) is 4.79 Å². The quantitative estimate of drug-likeness (QED) is 0.660. The molecule has 0 unspecified atom stereocenters. The van der Waals surface area contributed by atoms with E-state index in [1.54, 1.807) is 11.8 Å². The van der Waals surface area contributed by atoms with Crippen molar-refractivity contribution in [2.45, 2.75) is 44.8 Å². The van der Waals surface area contributed by atoms with Crippen molar-refractivity contribution in [3.8, 4) is 0 Å². The number of hydrogen-bond acceptors (Lipinski definition) is 6. The lowest BCUT2D eigenvalue weighted by Gasteiger charge is -2.30. The van der Waals surface area contributed by atoms with Crippen LogP contribution in [0.5, 0.6) is 0 Å². The zero-order valence-electron chi connectivity index (χ0n) is 14.1. The minimum atomic E-state index is -0.640. The van der Waals surface area contributed by atoms with Crippen LogP contribution < -0.4 is 0 Å². The molecule has 1 aromatic heterocycles. The van der Waals surface area contributed by atoms with Crippen molar-refractivity contribution in [1.82, 2.24) is 25.1 Å². The molecule has 1 heterocycles. The number of hydrogen-bond donors (Lipinski definition) is 0. The number of ether oxygens (including phenoxy) is 1. The van der Waals surface area contributed by atoms with Gasteiger partial charge in [-0.05, 0) is 35.8 Å². The highest BCUT2D eigenvalue weighted by molar-refractivity contribution is 5.85. The summed E-state index contributed by atoms with van der Waals surface area (Å²) in [4.78, 5) is 27.1. The number of carbonyl (C=O) groups excluding carboxylic acids is 2. The van der Waals surface area contributed by atoms with Crippen LogP contribution in [0.25, 0.3) is 0 Å². The van der Waals surface area contributed by atoms with E-state index < -0.39 is 6.04 Å². The van der Waals surface area contributed by atoms with Crippen LogP contribution in [0.1, 0.15) is 25.3 Å². The molecule has 0 N–H and O–H groups in total. The zero-order chi connectivity index (χ0) is 17.6. The fraction of sp³-hybridized carbons (Fsp3) is 0.471. The zero-order valence-corrected chi connectivity index (χ0v) is 14.1. The van der Waals surface area contributed by atoms with Crippen molar-refractivity contribution in [3.05, 3.63) is 42.2 Å². The second kappa shape index (κ2) is 7.87. The molecule has 1 atom stereocenters.